The third-order valence-electron chi connectivity index (χ3n) is 4.77. The molecule has 1 unspecified atom stereocenters. The monoisotopic (exact) mass is 346 g/mol. The number of carbonyl (C=O) groups is 3. The predicted octanol–water partition coefficient (Wildman–Crippen LogP) is 2.24. The molecule has 0 spiro atoms. The van der Waals surface area contributed by atoms with Gasteiger partial charge >= 0.3 is 5.97 Å². The lowest BCUT2D eigenvalue weighted by molar-refractivity contribution is -0.147. The van der Waals surface area contributed by atoms with Crippen LogP contribution in [0.5, 0.6) is 0 Å². The van der Waals surface area contributed by atoms with Gasteiger partial charge in [-0.15, -0.1) is 0 Å². The molecule has 25 heavy (non-hydrogen) atoms. The number of carboxylic acids is 1. The second kappa shape index (κ2) is 7.25. The summed E-state index contributed by atoms with van der Waals surface area (Å²) in [7, 11) is 1.76. The van der Waals surface area contributed by atoms with Crippen LogP contribution in [0, 0.1) is 11.3 Å². The maximum atomic E-state index is 12.6. The summed E-state index contributed by atoms with van der Waals surface area (Å²) in [5.41, 5.74) is 0.622. The van der Waals surface area contributed by atoms with Gasteiger partial charge in [0.25, 0.3) is 5.91 Å². The standard InChI is InChI=1S/C19H26N2O4/c1-13(2)16(22)20(4)11-14-5-7-15(8-6-14)17(23)21-10-9-19(3,12-21)18(24)25/h5-8,13H,9-12H2,1-4H3,(H,24,25). The first kappa shape index (κ1) is 19.0. The number of amides is 2. The van der Waals surface area contributed by atoms with Gasteiger partial charge in [0.05, 0.1) is 5.41 Å². The number of nitrogens with zero attached hydrogens (tertiary/aromatic N) is 2. The van der Waals surface area contributed by atoms with Crippen molar-refractivity contribution in [1.82, 2.24) is 9.80 Å². The molecule has 6 heteroatoms. The lowest BCUT2D eigenvalue weighted by atomic mass is 9.90. The van der Waals surface area contributed by atoms with Gasteiger partial charge in [-0.2, -0.15) is 0 Å². The molecule has 2 amide bonds. The van der Waals surface area contributed by atoms with E-state index in [9.17, 15) is 19.5 Å². The maximum absolute atomic E-state index is 12.6. The molecule has 0 radical (unpaired) electrons. The summed E-state index contributed by atoms with van der Waals surface area (Å²) < 4.78 is 0. The number of aliphatic carboxylic acids is 1. The zero-order valence-electron chi connectivity index (χ0n) is 15.3. The first-order chi connectivity index (χ1) is 11.6. The van der Waals surface area contributed by atoms with Gasteiger partial charge < -0.3 is 14.9 Å². The number of likely N-dealkylation sites (tertiary alicyclic amines) is 1. The van der Waals surface area contributed by atoms with Crippen LogP contribution in [-0.4, -0.2) is 52.8 Å². The number of hydrogen-bond donors (Lipinski definition) is 1. The summed E-state index contributed by atoms with van der Waals surface area (Å²) in [5.74, 6) is -0.992. The summed E-state index contributed by atoms with van der Waals surface area (Å²) in [5, 5.41) is 9.28. The fraction of sp³-hybridized carbons (Fsp3) is 0.526. The van der Waals surface area contributed by atoms with Crippen molar-refractivity contribution in [3.63, 3.8) is 0 Å². The van der Waals surface area contributed by atoms with Gasteiger partial charge in [0.1, 0.15) is 0 Å². The second-order valence-electron chi connectivity index (χ2n) is 7.39. The molecule has 0 bridgehead atoms. The molecule has 1 saturated heterocycles. The first-order valence-electron chi connectivity index (χ1n) is 8.50. The fourth-order valence-corrected chi connectivity index (χ4v) is 3.04. The third-order valence-corrected chi connectivity index (χ3v) is 4.77. The number of carbonyl (C=O) groups excluding carboxylic acids is 2. The van der Waals surface area contributed by atoms with Gasteiger partial charge in [-0.3, -0.25) is 14.4 Å². The Bertz CT molecular complexity index is 669. The van der Waals surface area contributed by atoms with Crippen LogP contribution in [0.4, 0.5) is 0 Å². The van der Waals surface area contributed by atoms with E-state index in [-0.39, 0.29) is 24.3 Å². The summed E-state index contributed by atoms with van der Waals surface area (Å²) in [6.45, 7) is 6.58. The average Bonchev–Trinajstić information content (AvgIpc) is 2.98. The largest absolute Gasteiger partial charge is 0.481 e. The number of hydrogen-bond acceptors (Lipinski definition) is 3. The molecule has 1 atom stereocenters. The molecule has 1 aliphatic heterocycles. The van der Waals surface area contributed by atoms with E-state index in [1.165, 1.54) is 0 Å². The van der Waals surface area contributed by atoms with E-state index in [4.69, 9.17) is 0 Å². The van der Waals surface area contributed by atoms with Crippen LogP contribution in [0.25, 0.3) is 0 Å². The van der Waals surface area contributed by atoms with Crippen molar-refractivity contribution in [3.8, 4) is 0 Å². The molecule has 1 N–H and O–H groups in total. The Morgan fingerprint density at radius 3 is 2.32 bits per heavy atom. The number of rotatable bonds is 5. The van der Waals surface area contributed by atoms with Crippen molar-refractivity contribution in [2.24, 2.45) is 11.3 Å². The van der Waals surface area contributed by atoms with E-state index in [2.05, 4.69) is 0 Å². The highest BCUT2D eigenvalue weighted by molar-refractivity contribution is 5.95. The molecule has 1 aromatic rings. The summed E-state index contributed by atoms with van der Waals surface area (Å²) in [6, 6.07) is 7.15. The zero-order valence-corrected chi connectivity index (χ0v) is 15.3. The number of carboxylic acid groups (broad SMARTS) is 1. The zero-order chi connectivity index (χ0) is 18.8. The van der Waals surface area contributed by atoms with E-state index >= 15 is 0 Å². The lowest BCUT2D eigenvalue weighted by Gasteiger charge is -2.21. The fourth-order valence-electron chi connectivity index (χ4n) is 3.04. The molecule has 6 nitrogen and oxygen atoms in total. The minimum absolute atomic E-state index is 0.0513. The van der Waals surface area contributed by atoms with E-state index in [1.54, 1.807) is 35.9 Å². The molecule has 0 aliphatic carbocycles. The van der Waals surface area contributed by atoms with Gasteiger partial charge in [-0.1, -0.05) is 26.0 Å². The molecule has 0 saturated carbocycles. The van der Waals surface area contributed by atoms with Crippen molar-refractivity contribution in [2.45, 2.75) is 33.7 Å². The summed E-state index contributed by atoms with van der Waals surface area (Å²) >= 11 is 0. The molecule has 1 heterocycles. The highest BCUT2D eigenvalue weighted by Gasteiger charge is 2.42. The van der Waals surface area contributed by atoms with Crippen molar-refractivity contribution in [2.75, 3.05) is 20.1 Å². The van der Waals surface area contributed by atoms with Crippen molar-refractivity contribution < 1.29 is 19.5 Å². The Morgan fingerprint density at radius 1 is 1.24 bits per heavy atom. The number of benzene rings is 1. The molecule has 2 rings (SSSR count). The predicted molar refractivity (Wildman–Crippen MR) is 94.0 cm³/mol. The molecule has 1 aromatic carbocycles. The van der Waals surface area contributed by atoms with Crippen LogP contribution in [0.2, 0.25) is 0 Å². The van der Waals surface area contributed by atoms with Gasteiger partial charge in [0, 0.05) is 38.2 Å². The van der Waals surface area contributed by atoms with Crippen LogP contribution in [0.1, 0.15) is 43.1 Å². The molecule has 0 aromatic heterocycles. The van der Waals surface area contributed by atoms with Gasteiger partial charge in [-0.05, 0) is 31.0 Å². The second-order valence-corrected chi connectivity index (χ2v) is 7.39. The van der Waals surface area contributed by atoms with Crippen LogP contribution in [0.3, 0.4) is 0 Å². The Balaban J connectivity index is 2.02. The summed E-state index contributed by atoms with van der Waals surface area (Å²) in [4.78, 5) is 39.1. The molecule has 136 valence electrons. The van der Waals surface area contributed by atoms with Crippen molar-refractivity contribution in [3.05, 3.63) is 35.4 Å². The normalized spacial score (nSPS) is 20.0. The highest BCUT2D eigenvalue weighted by Crippen LogP contribution is 2.31. The molecular weight excluding hydrogens is 320 g/mol. The Labute approximate surface area is 148 Å². The van der Waals surface area contributed by atoms with E-state index in [0.717, 1.165) is 5.56 Å². The van der Waals surface area contributed by atoms with Gasteiger partial charge in [-0.25, -0.2) is 0 Å². The van der Waals surface area contributed by atoms with Crippen molar-refractivity contribution in [1.29, 1.82) is 0 Å². The average molecular weight is 346 g/mol. The highest BCUT2D eigenvalue weighted by atomic mass is 16.4. The topological polar surface area (TPSA) is 77.9 Å². The van der Waals surface area contributed by atoms with Crippen LogP contribution in [0.15, 0.2) is 24.3 Å². The van der Waals surface area contributed by atoms with Crippen LogP contribution in [-0.2, 0) is 16.1 Å². The van der Waals surface area contributed by atoms with Crippen molar-refractivity contribution >= 4 is 17.8 Å². The SMILES string of the molecule is CC(C)C(=O)N(C)Cc1ccc(C(=O)N2CCC(C)(C(=O)O)C2)cc1. The van der Waals surface area contributed by atoms with Gasteiger partial charge in [0.15, 0.2) is 0 Å². The quantitative estimate of drug-likeness (QED) is 0.887. The molecule has 1 fully saturated rings. The first-order valence-corrected chi connectivity index (χ1v) is 8.50. The minimum atomic E-state index is -0.866. The molecular formula is C19H26N2O4. The Kier molecular flexibility index (Phi) is 5.50. The Morgan fingerprint density at radius 2 is 1.84 bits per heavy atom. The van der Waals surface area contributed by atoms with E-state index < -0.39 is 11.4 Å². The van der Waals surface area contributed by atoms with Crippen LogP contribution >= 0.6 is 0 Å². The minimum Gasteiger partial charge on any atom is -0.481 e. The molecule has 1 aliphatic rings. The Hall–Kier alpha value is -2.37. The lowest BCUT2D eigenvalue weighted by Crippen LogP contribution is -2.34. The summed E-state index contributed by atoms with van der Waals surface area (Å²) in [6.07, 6.45) is 0.467. The van der Waals surface area contributed by atoms with Crippen LogP contribution < -0.4 is 0 Å². The smallest absolute Gasteiger partial charge is 0.311 e. The van der Waals surface area contributed by atoms with E-state index in [1.807, 2.05) is 26.0 Å². The third kappa shape index (κ3) is 4.18. The maximum Gasteiger partial charge on any atom is 0.311 e. The van der Waals surface area contributed by atoms with E-state index in [0.29, 0.717) is 25.1 Å². The van der Waals surface area contributed by atoms with Gasteiger partial charge in [0.2, 0.25) is 5.91 Å².